The fraction of sp³-hybridized carbons (Fsp3) is 0.929. The minimum Gasteiger partial charge on any atom is -0.352 e. The van der Waals surface area contributed by atoms with Gasteiger partial charge in [0, 0.05) is 18.1 Å². The van der Waals surface area contributed by atoms with Crippen LogP contribution >= 0.6 is 0 Å². The van der Waals surface area contributed by atoms with Gasteiger partial charge in [-0.25, -0.2) is 0 Å². The van der Waals surface area contributed by atoms with Crippen molar-refractivity contribution in [3.63, 3.8) is 0 Å². The van der Waals surface area contributed by atoms with Gasteiger partial charge in [0.05, 0.1) is 11.8 Å². The van der Waals surface area contributed by atoms with Gasteiger partial charge < -0.3 is 10.6 Å². The molecule has 3 fully saturated rings. The lowest BCUT2D eigenvalue weighted by molar-refractivity contribution is -0.189. The van der Waals surface area contributed by atoms with Crippen molar-refractivity contribution in [2.45, 2.75) is 69.2 Å². The van der Waals surface area contributed by atoms with Crippen LogP contribution < -0.4 is 10.6 Å². The Labute approximate surface area is 116 Å². The highest BCUT2D eigenvalue weighted by Crippen LogP contribution is 2.39. The van der Waals surface area contributed by atoms with E-state index < -0.39 is 18.1 Å². The summed E-state index contributed by atoms with van der Waals surface area (Å²) in [6, 6.07) is -0.163. The van der Waals surface area contributed by atoms with Crippen molar-refractivity contribution in [1.29, 1.82) is 0 Å². The number of nitrogens with one attached hydrogen (secondary N) is 2. The molecule has 0 radical (unpaired) electrons. The highest BCUT2D eigenvalue weighted by atomic mass is 19.4. The summed E-state index contributed by atoms with van der Waals surface area (Å²) >= 11 is 0. The highest BCUT2D eigenvalue weighted by molar-refractivity contribution is 5.80. The molecule has 0 aromatic rings. The minimum absolute atomic E-state index is 0.135. The summed E-state index contributed by atoms with van der Waals surface area (Å²) in [5.41, 5.74) is 0. The summed E-state index contributed by atoms with van der Waals surface area (Å²) in [5, 5.41) is 6.06. The van der Waals surface area contributed by atoms with Crippen molar-refractivity contribution in [2.75, 3.05) is 0 Å². The molecule has 5 unspecified atom stereocenters. The van der Waals surface area contributed by atoms with E-state index in [4.69, 9.17) is 0 Å². The number of alkyl halides is 3. The van der Waals surface area contributed by atoms with Gasteiger partial charge in [-0.1, -0.05) is 12.8 Å². The zero-order chi connectivity index (χ0) is 14.3. The van der Waals surface area contributed by atoms with Gasteiger partial charge in [-0.15, -0.1) is 0 Å². The molecule has 2 aliphatic heterocycles. The zero-order valence-corrected chi connectivity index (χ0v) is 11.4. The Morgan fingerprint density at radius 2 is 1.85 bits per heavy atom. The van der Waals surface area contributed by atoms with Crippen LogP contribution in [0.5, 0.6) is 0 Å². The largest absolute Gasteiger partial charge is 0.393 e. The maximum absolute atomic E-state index is 13.0. The van der Waals surface area contributed by atoms with Gasteiger partial charge in [-0.05, 0) is 32.1 Å². The van der Waals surface area contributed by atoms with Crippen LogP contribution in [-0.4, -0.2) is 30.2 Å². The van der Waals surface area contributed by atoms with Crippen LogP contribution in [0.3, 0.4) is 0 Å². The Hall–Kier alpha value is -0.780. The number of halogens is 3. The predicted molar refractivity (Wildman–Crippen MR) is 68.0 cm³/mol. The average Bonchev–Trinajstić information content (AvgIpc) is 3.00. The molecule has 5 atom stereocenters. The van der Waals surface area contributed by atoms with Gasteiger partial charge in [-0.3, -0.25) is 4.79 Å². The van der Waals surface area contributed by atoms with Gasteiger partial charge in [0.2, 0.25) is 5.91 Å². The first-order valence-electron chi connectivity index (χ1n) is 7.58. The minimum atomic E-state index is -4.20. The molecule has 3 rings (SSSR count). The second-order valence-corrected chi connectivity index (χ2v) is 6.44. The molecular weight excluding hydrogens is 269 g/mol. The molecule has 1 amide bonds. The third kappa shape index (κ3) is 2.67. The predicted octanol–water partition coefficient (Wildman–Crippen LogP) is 2.36. The first-order valence-corrected chi connectivity index (χ1v) is 7.58. The quantitative estimate of drug-likeness (QED) is 0.820. The van der Waals surface area contributed by atoms with Crippen molar-refractivity contribution in [1.82, 2.24) is 10.6 Å². The fourth-order valence-electron chi connectivity index (χ4n) is 4.10. The van der Waals surface area contributed by atoms with Gasteiger partial charge in [0.1, 0.15) is 0 Å². The number of amides is 1. The van der Waals surface area contributed by atoms with E-state index >= 15 is 0 Å². The van der Waals surface area contributed by atoms with Gasteiger partial charge >= 0.3 is 6.18 Å². The Balaban J connectivity index is 1.62. The topological polar surface area (TPSA) is 41.1 Å². The first-order chi connectivity index (χ1) is 9.45. The number of carbonyl (C=O) groups is 1. The average molecular weight is 290 g/mol. The third-order valence-electron chi connectivity index (χ3n) is 5.15. The van der Waals surface area contributed by atoms with Gasteiger partial charge in [0.15, 0.2) is 0 Å². The standard InChI is InChI=1S/C14H21F3N2O/c15-14(16,17)10-3-1-2-4-12(10)19-13(20)9-7-8-5-6-11(9)18-8/h8-12,18H,1-7H2,(H,19,20). The molecule has 1 saturated carbocycles. The van der Waals surface area contributed by atoms with Crippen LogP contribution in [0.2, 0.25) is 0 Å². The fourth-order valence-corrected chi connectivity index (χ4v) is 4.10. The lowest BCUT2D eigenvalue weighted by Crippen LogP contribution is -2.50. The summed E-state index contributed by atoms with van der Waals surface area (Å²) in [6.45, 7) is 0. The number of carbonyl (C=O) groups excluding carboxylic acids is 1. The van der Waals surface area contributed by atoms with Gasteiger partial charge in [-0.2, -0.15) is 13.2 Å². The molecule has 1 aliphatic carbocycles. The Bertz CT molecular complexity index is 385. The Morgan fingerprint density at radius 1 is 1.10 bits per heavy atom. The maximum Gasteiger partial charge on any atom is 0.393 e. The van der Waals surface area contributed by atoms with Crippen molar-refractivity contribution < 1.29 is 18.0 Å². The number of fused-ring (bicyclic) bond motifs is 2. The summed E-state index contributed by atoms with van der Waals surface area (Å²) < 4.78 is 39.0. The zero-order valence-electron chi connectivity index (χ0n) is 11.4. The SMILES string of the molecule is O=C(NC1CCCCC1C(F)(F)F)C1CC2CCC1N2. The molecule has 3 aliphatic rings. The van der Waals surface area contributed by atoms with Crippen LogP contribution in [0, 0.1) is 11.8 Å². The summed E-state index contributed by atoms with van der Waals surface area (Å²) in [4.78, 5) is 12.3. The molecule has 20 heavy (non-hydrogen) atoms. The molecule has 0 aromatic carbocycles. The molecule has 0 aromatic heterocycles. The molecule has 2 N–H and O–H groups in total. The van der Waals surface area contributed by atoms with Crippen LogP contribution in [-0.2, 0) is 4.79 Å². The highest BCUT2D eigenvalue weighted by Gasteiger charge is 2.48. The number of hydrogen-bond acceptors (Lipinski definition) is 2. The first kappa shape index (κ1) is 14.2. The van der Waals surface area contributed by atoms with Crippen LogP contribution in [0.4, 0.5) is 13.2 Å². The molecule has 3 nitrogen and oxygen atoms in total. The van der Waals surface area contributed by atoms with Crippen LogP contribution in [0.1, 0.15) is 44.9 Å². The summed E-state index contributed by atoms with van der Waals surface area (Å²) in [6.07, 6.45) is 0.594. The van der Waals surface area contributed by atoms with E-state index in [-0.39, 0.29) is 24.3 Å². The summed E-state index contributed by atoms with van der Waals surface area (Å²) in [5.74, 6) is -1.68. The molecule has 0 spiro atoms. The smallest absolute Gasteiger partial charge is 0.352 e. The molecule has 2 bridgehead atoms. The van der Waals surface area contributed by atoms with Crippen molar-refractivity contribution in [2.24, 2.45) is 11.8 Å². The molecule has 2 heterocycles. The number of rotatable bonds is 2. The van der Waals surface area contributed by atoms with Gasteiger partial charge in [0.25, 0.3) is 0 Å². The normalized spacial score (nSPS) is 40.9. The van der Waals surface area contributed by atoms with Crippen molar-refractivity contribution >= 4 is 5.91 Å². The van der Waals surface area contributed by atoms with E-state index in [9.17, 15) is 18.0 Å². The van der Waals surface area contributed by atoms with Crippen molar-refractivity contribution in [3.05, 3.63) is 0 Å². The second kappa shape index (κ2) is 5.20. The lowest BCUT2D eigenvalue weighted by Gasteiger charge is -2.34. The van der Waals surface area contributed by atoms with E-state index in [2.05, 4.69) is 10.6 Å². The monoisotopic (exact) mass is 290 g/mol. The van der Waals surface area contributed by atoms with E-state index in [1.807, 2.05) is 0 Å². The van der Waals surface area contributed by atoms with E-state index in [1.54, 1.807) is 0 Å². The summed E-state index contributed by atoms with van der Waals surface area (Å²) in [7, 11) is 0. The molecule has 6 heteroatoms. The number of hydrogen-bond donors (Lipinski definition) is 2. The third-order valence-corrected chi connectivity index (χ3v) is 5.15. The van der Waals surface area contributed by atoms with E-state index in [1.165, 1.54) is 0 Å². The molecule has 2 saturated heterocycles. The second-order valence-electron chi connectivity index (χ2n) is 6.44. The van der Waals surface area contributed by atoms with E-state index in [0.717, 1.165) is 25.7 Å². The van der Waals surface area contributed by atoms with Crippen molar-refractivity contribution in [3.8, 4) is 0 Å². The Morgan fingerprint density at radius 3 is 2.45 bits per heavy atom. The maximum atomic E-state index is 13.0. The lowest BCUT2D eigenvalue weighted by atomic mass is 9.82. The van der Waals surface area contributed by atoms with Crippen LogP contribution in [0.25, 0.3) is 0 Å². The Kier molecular flexibility index (Phi) is 3.69. The van der Waals surface area contributed by atoms with Crippen LogP contribution in [0.15, 0.2) is 0 Å². The molecule has 114 valence electrons. The van der Waals surface area contributed by atoms with E-state index in [0.29, 0.717) is 18.9 Å². The molecular formula is C14H21F3N2O.